The number of thiocarbonyl (C=S) groups is 1. The van der Waals surface area contributed by atoms with Gasteiger partial charge >= 0.3 is 0 Å². The molecule has 2 N–H and O–H groups in total. The SMILES string of the molecule is O=C(NC(=S)Nc1ccc2oc(-c3ccc(Cl)c(Cl)c3)nc2c1)c1cccc(OCc2ccccc2)c1. The Bertz CT molecular complexity index is 1610. The maximum absolute atomic E-state index is 12.8. The molecule has 0 saturated heterocycles. The van der Waals surface area contributed by atoms with E-state index in [9.17, 15) is 4.79 Å². The summed E-state index contributed by atoms with van der Waals surface area (Å²) in [6.45, 7) is 0.406. The Labute approximate surface area is 228 Å². The van der Waals surface area contributed by atoms with E-state index in [2.05, 4.69) is 15.6 Å². The normalized spacial score (nSPS) is 10.8. The first-order valence-corrected chi connectivity index (χ1v) is 12.4. The highest BCUT2D eigenvalue weighted by molar-refractivity contribution is 7.80. The minimum Gasteiger partial charge on any atom is -0.489 e. The Hall–Kier alpha value is -3.91. The first kappa shape index (κ1) is 24.8. The topological polar surface area (TPSA) is 76.4 Å². The van der Waals surface area contributed by atoms with Gasteiger partial charge in [0.05, 0.1) is 10.0 Å². The number of amides is 1. The van der Waals surface area contributed by atoms with Crippen LogP contribution in [0.5, 0.6) is 5.75 Å². The van der Waals surface area contributed by atoms with Crippen molar-refractivity contribution >= 4 is 63.2 Å². The first-order valence-electron chi connectivity index (χ1n) is 11.2. The molecule has 0 radical (unpaired) electrons. The number of halogens is 2. The van der Waals surface area contributed by atoms with Gasteiger partial charge in [0, 0.05) is 16.8 Å². The summed E-state index contributed by atoms with van der Waals surface area (Å²) in [6, 6.07) is 27.2. The average Bonchev–Trinajstić information content (AvgIpc) is 3.33. The van der Waals surface area contributed by atoms with Crippen LogP contribution in [0.4, 0.5) is 5.69 Å². The van der Waals surface area contributed by atoms with Gasteiger partial charge < -0.3 is 14.5 Å². The summed E-state index contributed by atoms with van der Waals surface area (Å²) in [5.74, 6) is 0.646. The Balaban J connectivity index is 1.22. The largest absolute Gasteiger partial charge is 0.489 e. The molecule has 0 aliphatic rings. The van der Waals surface area contributed by atoms with Crippen LogP contribution in [-0.4, -0.2) is 16.0 Å². The van der Waals surface area contributed by atoms with Gasteiger partial charge in [0.1, 0.15) is 17.9 Å². The van der Waals surface area contributed by atoms with Crippen molar-refractivity contribution < 1.29 is 13.9 Å². The van der Waals surface area contributed by atoms with Gasteiger partial charge in [-0.05, 0) is 72.4 Å². The van der Waals surface area contributed by atoms with E-state index in [1.807, 2.05) is 30.3 Å². The van der Waals surface area contributed by atoms with E-state index in [0.29, 0.717) is 56.2 Å². The molecule has 0 saturated carbocycles. The van der Waals surface area contributed by atoms with Crippen LogP contribution in [0.25, 0.3) is 22.6 Å². The van der Waals surface area contributed by atoms with E-state index in [4.69, 9.17) is 44.6 Å². The number of anilines is 1. The third kappa shape index (κ3) is 6.09. The smallest absolute Gasteiger partial charge is 0.257 e. The van der Waals surface area contributed by atoms with Crippen LogP contribution >= 0.6 is 35.4 Å². The number of oxazole rings is 1. The van der Waals surface area contributed by atoms with Crippen molar-refractivity contribution in [1.82, 2.24) is 10.3 Å². The van der Waals surface area contributed by atoms with Gasteiger partial charge in [-0.25, -0.2) is 4.98 Å². The second-order valence-electron chi connectivity index (χ2n) is 8.04. The van der Waals surface area contributed by atoms with Gasteiger partial charge in [0.15, 0.2) is 10.7 Å². The zero-order valence-electron chi connectivity index (χ0n) is 19.2. The van der Waals surface area contributed by atoms with Gasteiger partial charge in [0.2, 0.25) is 5.89 Å². The lowest BCUT2D eigenvalue weighted by atomic mass is 10.2. The molecule has 37 heavy (non-hydrogen) atoms. The quantitative estimate of drug-likeness (QED) is 0.214. The van der Waals surface area contributed by atoms with Crippen LogP contribution < -0.4 is 15.4 Å². The van der Waals surface area contributed by atoms with Crippen LogP contribution in [0.15, 0.2) is 95.4 Å². The van der Waals surface area contributed by atoms with Crippen molar-refractivity contribution in [3.8, 4) is 17.2 Å². The fourth-order valence-electron chi connectivity index (χ4n) is 3.56. The number of hydrogen-bond acceptors (Lipinski definition) is 5. The summed E-state index contributed by atoms with van der Waals surface area (Å²) in [5, 5.41) is 6.72. The van der Waals surface area contributed by atoms with Crippen LogP contribution in [0, 0.1) is 0 Å². The summed E-state index contributed by atoms with van der Waals surface area (Å²) in [4.78, 5) is 17.3. The second kappa shape index (κ2) is 11.0. The van der Waals surface area contributed by atoms with Crippen molar-refractivity contribution in [3.63, 3.8) is 0 Å². The molecule has 1 aromatic heterocycles. The molecular formula is C28H19Cl2N3O3S. The molecule has 0 fully saturated rings. The van der Waals surface area contributed by atoms with E-state index in [0.717, 1.165) is 5.56 Å². The standard InChI is InChI=1S/C28H19Cl2N3O3S/c29-22-11-9-19(14-23(22)30)27-32-24-15-20(10-12-25(24)36-27)31-28(37)33-26(34)18-7-4-8-21(13-18)35-16-17-5-2-1-3-6-17/h1-15H,16H2,(H2,31,33,34,37). The molecule has 0 spiro atoms. The fraction of sp³-hybridized carbons (Fsp3) is 0.0357. The van der Waals surface area contributed by atoms with Gasteiger partial charge in [0.25, 0.3) is 5.91 Å². The maximum Gasteiger partial charge on any atom is 0.257 e. The molecule has 184 valence electrons. The van der Waals surface area contributed by atoms with Crippen LogP contribution in [0.1, 0.15) is 15.9 Å². The van der Waals surface area contributed by atoms with E-state index in [1.54, 1.807) is 60.7 Å². The second-order valence-corrected chi connectivity index (χ2v) is 9.26. The van der Waals surface area contributed by atoms with E-state index in [-0.39, 0.29) is 11.0 Å². The summed E-state index contributed by atoms with van der Waals surface area (Å²) >= 11 is 17.5. The molecular weight excluding hydrogens is 529 g/mol. The minimum absolute atomic E-state index is 0.146. The summed E-state index contributed by atoms with van der Waals surface area (Å²) < 4.78 is 11.6. The van der Waals surface area contributed by atoms with Gasteiger partial charge in [-0.15, -0.1) is 0 Å². The number of hydrogen-bond donors (Lipinski definition) is 2. The number of aromatic nitrogens is 1. The summed E-state index contributed by atoms with van der Waals surface area (Å²) in [5.41, 5.74) is 4.02. The van der Waals surface area contributed by atoms with Crippen molar-refractivity contribution in [1.29, 1.82) is 0 Å². The zero-order valence-corrected chi connectivity index (χ0v) is 21.5. The number of nitrogens with zero attached hydrogens (tertiary/aromatic N) is 1. The average molecular weight is 548 g/mol. The Morgan fingerprint density at radius 2 is 1.76 bits per heavy atom. The molecule has 0 unspecified atom stereocenters. The predicted octanol–water partition coefficient (Wildman–Crippen LogP) is 7.51. The molecule has 0 atom stereocenters. The molecule has 6 nitrogen and oxygen atoms in total. The number of ether oxygens (including phenoxy) is 1. The molecule has 5 aromatic rings. The van der Waals surface area contributed by atoms with Crippen LogP contribution in [0.3, 0.4) is 0 Å². The van der Waals surface area contributed by atoms with E-state index >= 15 is 0 Å². The molecule has 1 amide bonds. The number of carbonyl (C=O) groups is 1. The zero-order chi connectivity index (χ0) is 25.8. The Kier molecular flexibility index (Phi) is 7.37. The highest BCUT2D eigenvalue weighted by Crippen LogP contribution is 2.30. The third-order valence-corrected chi connectivity index (χ3v) is 6.33. The lowest BCUT2D eigenvalue weighted by Crippen LogP contribution is -2.34. The van der Waals surface area contributed by atoms with Crippen molar-refractivity contribution in [2.45, 2.75) is 6.61 Å². The molecule has 4 aromatic carbocycles. The Morgan fingerprint density at radius 3 is 2.57 bits per heavy atom. The molecule has 1 heterocycles. The molecule has 0 aliphatic carbocycles. The maximum atomic E-state index is 12.8. The lowest BCUT2D eigenvalue weighted by molar-refractivity contribution is 0.0977. The molecule has 9 heteroatoms. The highest BCUT2D eigenvalue weighted by atomic mass is 35.5. The van der Waals surface area contributed by atoms with E-state index in [1.165, 1.54) is 0 Å². The van der Waals surface area contributed by atoms with Gasteiger partial charge in [-0.3, -0.25) is 10.1 Å². The fourth-order valence-corrected chi connectivity index (χ4v) is 4.07. The number of rotatable bonds is 6. The van der Waals surface area contributed by atoms with Crippen LogP contribution in [0.2, 0.25) is 10.0 Å². The summed E-state index contributed by atoms with van der Waals surface area (Å²) in [6.07, 6.45) is 0. The highest BCUT2D eigenvalue weighted by Gasteiger charge is 2.13. The Morgan fingerprint density at radius 1 is 0.919 bits per heavy atom. The van der Waals surface area contributed by atoms with Crippen molar-refractivity contribution in [2.24, 2.45) is 0 Å². The minimum atomic E-state index is -0.355. The van der Waals surface area contributed by atoms with Gasteiger partial charge in [-0.2, -0.15) is 0 Å². The number of fused-ring (bicyclic) bond motifs is 1. The monoisotopic (exact) mass is 547 g/mol. The molecule has 0 aliphatic heterocycles. The lowest BCUT2D eigenvalue weighted by Gasteiger charge is -2.11. The van der Waals surface area contributed by atoms with Crippen molar-refractivity contribution in [2.75, 3.05) is 5.32 Å². The number of carbonyl (C=O) groups excluding carboxylic acids is 1. The first-order chi connectivity index (χ1) is 17.9. The molecule has 5 rings (SSSR count). The summed E-state index contributed by atoms with van der Waals surface area (Å²) in [7, 11) is 0. The number of nitrogens with one attached hydrogen (secondary N) is 2. The molecule has 0 bridgehead atoms. The number of benzene rings is 4. The van der Waals surface area contributed by atoms with Crippen LogP contribution in [-0.2, 0) is 6.61 Å². The van der Waals surface area contributed by atoms with Crippen molar-refractivity contribution in [3.05, 3.63) is 112 Å². The van der Waals surface area contributed by atoms with E-state index < -0.39 is 0 Å². The van der Waals surface area contributed by atoms with Gasteiger partial charge in [-0.1, -0.05) is 59.6 Å². The third-order valence-electron chi connectivity index (χ3n) is 5.38. The predicted molar refractivity (Wildman–Crippen MR) is 150 cm³/mol.